The number of ether oxygens (including phenoxy) is 1. The van der Waals surface area contributed by atoms with Crippen LogP contribution in [0, 0.1) is 6.92 Å². The van der Waals surface area contributed by atoms with Gasteiger partial charge in [-0.15, -0.1) is 0 Å². The summed E-state index contributed by atoms with van der Waals surface area (Å²) in [7, 11) is 0. The van der Waals surface area contributed by atoms with E-state index in [0.717, 1.165) is 5.56 Å². The average molecular weight is 288 g/mol. The molecule has 1 heterocycles. The molecule has 0 radical (unpaired) electrons. The molecule has 0 aliphatic carbocycles. The highest BCUT2D eigenvalue weighted by Gasteiger charge is 2.55. The van der Waals surface area contributed by atoms with Crippen molar-refractivity contribution in [1.29, 1.82) is 0 Å². The highest BCUT2D eigenvalue weighted by Crippen LogP contribution is 2.42. The van der Waals surface area contributed by atoms with Gasteiger partial charge in [0, 0.05) is 0 Å². The summed E-state index contributed by atoms with van der Waals surface area (Å²) in [4.78, 5) is 10.7. The van der Waals surface area contributed by atoms with Gasteiger partial charge >= 0.3 is 6.18 Å². The maximum atomic E-state index is 12.8. The van der Waals surface area contributed by atoms with Gasteiger partial charge in [-0.2, -0.15) is 13.2 Å². The number of fused-ring (bicyclic) bond motifs is 1. The van der Waals surface area contributed by atoms with Crippen LogP contribution < -0.4 is 4.74 Å². The minimum Gasteiger partial charge on any atom is -0.493 e. The molecule has 0 aromatic heterocycles. The number of carbonyl (C=O) groups excluding carboxylic acids is 1. The molecule has 0 spiro atoms. The minimum absolute atomic E-state index is 0.272. The smallest absolute Gasteiger partial charge is 0.424 e. The molecule has 20 heavy (non-hydrogen) atoms. The van der Waals surface area contributed by atoms with Crippen molar-refractivity contribution < 1.29 is 27.8 Å². The Morgan fingerprint density at radius 2 is 2.15 bits per heavy atom. The molecule has 0 fully saturated rings. The van der Waals surface area contributed by atoms with Crippen LogP contribution in [0.2, 0.25) is 0 Å². The van der Waals surface area contributed by atoms with Gasteiger partial charge in [-0.05, 0) is 42.9 Å². The first-order valence-electron chi connectivity index (χ1n) is 6.25. The Labute approximate surface area is 114 Å². The number of hydrogen-bond donors (Lipinski definition) is 1. The van der Waals surface area contributed by atoms with Gasteiger partial charge in [-0.3, -0.25) is 4.79 Å². The number of rotatable bonds is 3. The highest BCUT2D eigenvalue weighted by molar-refractivity contribution is 5.64. The van der Waals surface area contributed by atoms with Crippen LogP contribution in [0.4, 0.5) is 13.2 Å². The highest BCUT2D eigenvalue weighted by atomic mass is 19.4. The second kappa shape index (κ2) is 5.09. The lowest BCUT2D eigenvalue weighted by molar-refractivity contribution is -0.248. The number of aryl methyl sites for hydroxylation is 1. The molecule has 1 aromatic rings. The predicted molar refractivity (Wildman–Crippen MR) is 65.7 cm³/mol. The molecule has 2 rings (SSSR count). The first kappa shape index (κ1) is 14.8. The van der Waals surface area contributed by atoms with Gasteiger partial charge < -0.3 is 9.84 Å². The third-order valence-corrected chi connectivity index (χ3v) is 3.58. The fourth-order valence-electron chi connectivity index (χ4n) is 2.39. The summed E-state index contributed by atoms with van der Waals surface area (Å²) in [6, 6.07) is 5.21. The van der Waals surface area contributed by atoms with Crippen molar-refractivity contribution >= 4 is 6.29 Å². The first-order chi connectivity index (χ1) is 9.27. The molecular weight excluding hydrogens is 273 g/mol. The molecule has 110 valence electrons. The Hall–Kier alpha value is -1.56. The maximum absolute atomic E-state index is 12.8. The van der Waals surface area contributed by atoms with Gasteiger partial charge in [0.1, 0.15) is 5.75 Å². The molecular formula is C14H15F3O3. The molecule has 1 aromatic carbocycles. The summed E-state index contributed by atoms with van der Waals surface area (Å²) < 4.78 is 43.8. The number of halogens is 3. The van der Waals surface area contributed by atoms with E-state index in [1.54, 1.807) is 18.2 Å². The number of aldehydes is 1. The van der Waals surface area contributed by atoms with Gasteiger partial charge in [0.15, 0.2) is 6.29 Å². The Bertz CT molecular complexity index is 513. The predicted octanol–water partition coefficient (Wildman–Crippen LogP) is 2.74. The van der Waals surface area contributed by atoms with Crippen molar-refractivity contribution in [3.63, 3.8) is 0 Å². The zero-order valence-electron chi connectivity index (χ0n) is 10.9. The molecule has 0 amide bonds. The lowest BCUT2D eigenvalue weighted by Crippen LogP contribution is -2.48. The van der Waals surface area contributed by atoms with Crippen molar-refractivity contribution in [2.75, 3.05) is 6.61 Å². The third kappa shape index (κ3) is 2.65. The Balaban J connectivity index is 2.30. The second-order valence-electron chi connectivity index (χ2n) is 5.12. The molecule has 0 saturated heterocycles. The number of carbonyl (C=O) groups is 1. The van der Waals surface area contributed by atoms with E-state index in [9.17, 15) is 23.1 Å². The quantitative estimate of drug-likeness (QED) is 0.870. The number of hydrogen-bond acceptors (Lipinski definition) is 3. The van der Waals surface area contributed by atoms with Crippen molar-refractivity contribution in [2.24, 2.45) is 0 Å². The second-order valence-corrected chi connectivity index (χ2v) is 5.12. The SMILES string of the molecule is Cc1ccc2c(c1)OCCC2CC(O)(C=O)C(F)(F)F. The van der Waals surface area contributed by atoms with Crippen LogP contribution in [-0.4, -0.2) is 29.8 Å². The number of aliphatic hydroxyl groups is 1. The molecule has 2 atom stereocenters. The zero-order chi connectivity index (χ0) is 15.0. The molecule has 0 saturated carbocycles. The number of alkyl halides is 3. The zero-order valence-corrected chi connectivity index (χ0v) is 10.9. The normalized spacial score (nSPS) is 21.6. The summed E-state index contributed by atoms with van der Waals surface area (Å²) in [6.07, 6.45) is -5.74. The summed E-state index contributed by atoms with van der Waals surface area (Å²) in [5.41, 5.74) is -1.77. The lowest BCUT2D eigenvalue weighted by Gasteiger charge is -2.32. The van der Waals surface area contributed by atoms with Gasteiger partial charge in [-0.1, -0.05) is 12.1 Å². The lowest BCUT2D eigenvalue weighted by atomic mass is 9.82. The van der Waals surface area contributed by atoms with E-state index in [4.69, 9.17) is 4.74 Å². The minimum atomic E-state index is -4.97. The summed E-state index contributed by atoms with van der Waals surface area (Å²) in [5.74, 6) is -0.0344. The standard InChI is InChI=1S/C14H15F3O3/c1-9-2-3-11-10(4-5-20-12(11)6-9)7-13(19,8-18)14(15,16)17/h2-3,6,8,10,19H,4-5,7H2,1H3. The monoisotopic (exact) mass is 288 g/mol. The average Bonchev–Trinajstić information content (AvgIpc) is 2.37. The van der Waals surface area contributed by atoms with E-state index in [0.29, 0.717) is 17.7 Å². The largest absolute Gasteiger partial charge is 0.493 e. The summed E-state index contributed by atoms with van der Waals surface area (Å²) in [5, 5.41) is 9.56. The summed E-state index contributed by atoms with van der Waals surface area (Å²) in [6.45, 7) is 2.12. The van der Waals surface area contributed by atoms with Gasteiger partial charge in [0.2, 0.25) is 5.60 Å². The topological polar surface area (TPSA) is 46.5 Å². The van der Waals surface area contributed by atoms with Crippen molar-refractivity contribution in [1.82, 2.24) is 0 Å². The van der Waals surface area contributed by atoms with Gasteiger partial charge in [-0.25, -0.2) is 0 Å². The first-order valence-corrected chi connectivity index (χ1v) is 6.25. The van der Waals surface area contributed by atoms with Crippen molar-refractivity contribution in [2.45, 2.75) is 37.5 Å². The van der Waals surface area contributed by atoms with Crippen LogP contribution in [0.25, 0.3) is 0 Å². The van der Waals surface area contributed by atoms with Crippen molar-refractivity contribution in [3.05, 3.63) is 29.3 Å². The van der Waals surface area contributed by atoms with Gasteiger partial charge in [0.25, 0.3) is 0 Å². The number of benzene rings is 1. The fraction of sp³-hybridized carbons (Fsp3) is 0.500. The third-order valence-electron chi connectivity index (χ3n) is 3.58. The molecule has 1 aliphatic heterocycles. The summed E-state index contributed by atoms with van der Waals surface area (Å²) >= 11 is 0. The molecule has 3 nitrogen and oxygen atoms in total. The fourth-order valence-corrected chi connectivity index (χ4v) is 2.39. The van der Waals surface area contributed by atoms with E-state index in [1.807, 2.05) is 6.92 Å². The van der Waals surface area contributed by atoms with Crippen LogP contribution in [0.3, 0.4) is 0 Å². The Kier molecular flexibility index (Phi) is 3.77. The van der Waals surface area contributed by atoms with E-state index < -0.39 is 30.4 Å². The van der Waals surface area contributed by atoms with E-state index >= 15 is 0 Å². The Morgan fingerprint density at radius 1 is 1.45 bits per heavy atom. The van der Waals surface area contributed by atoms with Crippen LogP contribution in [0.5, 0.6) is 5.75 Å². The molecule has 0 bridgehead atoms. The van der Waals surface area contributed by atoms with Crippen LogP contribution in [0.1, 0.15) is 29.9 Å². The molecule has 6 heteroatoms. The van der Waals surface area contributed by atoms with E-state index in [1.165, 1.54) is 0 Å². The van der Waals surface area contributed by atoms with E-state index in [-0.39, 0.29) is 6.61 Å². The molecule has 1 aliphatic rings. The van der Waals surface area contributed by atoms with Crippen molar-refractivity contribution in [3.8, 4) is 5.75 Å². The van der Waals surface area contributed by atoms with Crippen LogP contribution in [-0.2, 0) is 4.79 Å². The van der Waals surface area contributed by atoms with Crippen LogP contribution in [0.15, 0.2) is 18.2 Å². The molecule has 1 N–H and O–H groups in total. The van der Waals surface area contributed by atoms with E-state index in [2.05, 4.69) is 0 Å². The van der Waals surface area contributed by atoms with Crippen LogP contribution >= 0.6 is 0 Å². The molecule has 2 unspecified atom stereocenters. The van der Waals surface area contributed by atoms with Gasteiger partial charge in [0.05, 0.1) is 6.61 Å². The Morgan fingerprint density at radius 3 is 2.75 bits per heavy atom. The maximum Gasteiger partial charge on any atom is 0.424 e.